The lowest BCUT2D eigenvalue weighted by molar-refractivity contribution is -0.0745. The summed E-state index contributed by atoms with van der Waals surface area (Å²) >= 11 is 5.97. The maximum absolute atomic E-state index is 11.4. The van der Waals surface area contributed by atoms with Gasteiger partial charge in [0.1, 0.15) is 5.84 Å². The Balaban J connectivity index is 1.87. The van der Waals surface area contributed by atoms with Gasteiger partial charge in [-0.05, 0) is 17.7 Å². The minimum atomic E-state index is -1.05. The van der Waals surface area contributed by atoms with Crippen LogP contribution >= 0.6 is 11.6 Å². The van der Waals surface area contributed by atoms with E-state index in [4.69, 9.17) is 11.6 Å². The Bertz CT molecular complexity index is 726. The quantitative estimate of drug-likeness (QED) is 0.879. The molecule has 0 unspecified atom stereocenters. The molecule has 0 aliphatic carbocycles. The van der Waals surface area contributed by atoms with Crippen LogP contribution in [0.25, 0.3) is 0 Å². The molecule has 2 aromatic carbocycles. The lowest BCUT2D eigenvalue weighted by Gasteiger charge is -2.43. The maximum Gasteiger partial charge on any atom is 0.169 e. The van der Waals surface area contributed by atoms with Crippen LogP contribution in [0.2, 0.25) is 5.02 Å². The highest BCUT2D eigenvalue weighted by Gasteiger charge is 2.44. The normalized spacial score (nSPS) is 23.5. The summed E-state index contributed by atoms with van der Waals surface area (Å²) in [4.78, 5) is 6.61. The zero-order valence-corrected chi connectivity index (χ0v) is 12.2. The molecule has 2 aliphatic heterocycles. The van der Waals surface area contributed by atoms with Crippen LogP contribution in [0.3, 0.4) is 0 Å². The third-order valence-corrected chi connectivity index (χ3v) is 4.54. The Morgan fingerprint density at radius 3 is 2.67 bits per heavy atom. The van der Waals surface area contributed by atoms with E-state index in [0.717, 1.165) is 35.6 Å². The third-order valence-electron chi connectivity index (χ3n) is 4.29. The van der Waals surface area contributed by atoms with E-state index in [9.17, 15) is 5.11 Å². The molecule has 21 heavy (non-hydrogen) atoms. The molecule has 0 saturated carbocycles. The lowest BCUT2D eigenvalue weighted by Crippen LogP contribution is -2.53. The highest BCUT2D eigenvalue weighted by Crippen LogP contribution is 2.38. The molecule has 0 saturated heterocycles. The number of amidine groups is 1. The van der Waals surface area contributed by atoms with Gasteiger partial charge in [0.2, 0.25) is 0 Å². The summed E-state index contributed by atoms with van der Waals surface area (Å²) in [5, 5.41) is 12.0. The molecule has 3 nitrogen and oxygen atoms in total. The summed E-state index contributed by atoms with van der Waals surface area (Å²) in [6.07, 6.45) is 0.559. The highest BCUT2D eigenvalue weighted by atomic mass is 35.5. The first kappa shape index (κ1) is 12.9. The van der Waals surface area contributed by atoms with Gasteiger partial charge in [0, 0.05) is 29.1 Å². The number of nitrogens with zero attached hydrogens (tertiary/aromatic N) is 2. The van der Waals surface area contributed by atoms with E-state index < -0.39 is 5.72 Å². The maximum atomic E-state index is 11.4. The average molecular weight is 299 g/mol. The van der Waals surface area contributed by atoms with E-state index >= 15 is 0 Å². The van der Waals surface area contributed by atoms with Gasteiger partial charge in [0.25, 0.3) is 0 Å². The van der Waals surface area contributed by atoms with Crippen LogP contribution in [0.4, 0.5) is 0 Å². The molecule has 106 valence electrons. The molecule has 1 N–H and O–H groups in total. The molecule has 0 aromatic heterocycles. The number of benzene rings is 2. The zero-order valence-electron chi connectivity index (χ0n) is 11.5. The third kappa shape index (κ3) is 1.88. The van der Waals surface area contributed by atoms with Crippen molar-refractivity contribution in [3.05, 3.63) is 70.2 Å². The van der Waals surface area contributed by atoms with Crippen LogP contribution in [0.1, 0.15) is 16.7 Å². The summed E-state index contributed by atoms with van der Waals surface area (Å²) in [7, 11) is 0. The minimum absolute atomic E-state index is 0.559. The predicted molar refractivity (Wildman–Crippen MR) is 83.6 cm³/mol. The van der Waals surface area contributed by atoms with E-state index in [2.05, 4.69) is 17.1 Å². The van der Waals surface area contributed by atoms with Crippen molar-refractivity contribution in [1.82, 2.24) is 4.90 Å². The molecule has 0 amide bonds. The highest BCUT2D eigenvalue weighted by molar-refractivity contribution is 6.30. The Kier molecular flexibility index (Phi) is 2.81. The van der Waals surface area contributed by atoms with Crippen molar-refractivity contribution in [2.24, 2.45) is 4.99 Å². The number of fused-ring (bicyclic) bond motifs is 3. The van der Waals surface area contributed by atoms with Gasteiger partial charge in [-0.3, -0.25) is 4.99 Å². The summed E-state index contributed by atoms with van der Waals surface area (Å²) in [6.45, 7) is 1.46. The average Bonchev–Trinajstić information content (AvgIpc) is 2.99. The van der Waals surface area contributed by atoms with Crippen molar-refractivity contribution in [2.75, 3.05) is 13.1 Å². The predicted octanol–water partition coefficient (Wildman–Crippen LogP) is 2.80. The number of rotatable bonds is 1. The van der Waals surface area contributed by atoms with Crippen molar-refractivity contribution in [2.45, 2.75) is 12.1 Å². The van der Waals surface area contributed by atoms with E-state index in [1.54, 1.807) is 0 Å². The van der Waals surface area contributed by atoms with Crippen LogP contribution in [-0.4, -0.2) is 28.9 Å². The monoisotopic (exact) mass is 298 g/mol. The lowest BCUT2D eigenvalue weighted by atomic mass is 9.86. The van der Waals surface area contributed by atoms with Crippen molar-refractivity contribution in [3.63, 3.8) is 0 Å². The van der Waals surface area contributed by atoms with Crippen LogP contribution in [0, 0.1) is 0 Å². The fraction of sp³-hybridized carbons (Fsp3) is 0.235. The molecular formula is C17H15ClN2O. The van der Waals surface area contributed by atoms with Gasteiger partial charge in [-0.1, -0.05) is 48.0 Å². The van der Waals surface area contributed by atoms with Gasteiger partial charge >= 0.3 is 0 Å². The van der Waals surface area contributed by atoms with Gasteiger partial charge in [0.05, 0.1) is 6.54 Å². The van der Waals surface area contributed by atoms with Crippen LogP contribution in [0.5, 0.6) is 0 Å². The second-order valence-corrected chi connectivity index (χ2v) is 5.95. The number of hydrogen-bond donors (Lipinski definition) is 1. The number of aliphatic hydroxyl groups is 1. The van der Waals surface area contributed by atoms with Gasteiger partial charge in [-0.15, -0.1) is 0 Å². The zero-order chi connectivity index (χ0) is 14.4. The summed E-state index contributed by atoms with van der Waals surface area (Å²) in [5.74, 6) is 0.898. The molecule has 0 radical (unpaired) electrons. The van der Waals surface area contributed by atoms with E-state index in [1.807, 2.05) is 41.3 Å². The molecule has 0 fully saturated rings. The van der Waals surface area contributed by atoms with Crippen LogP contribution in [0.15, 0.2) is 53.5 Å². The fourth-order valence-corrected chi connectivity index (χ4v) is 3.39. The first-order valence-corrected chi connectivity index (χ1v) is 7.45. The Hall–Kier alpha value is -1.84. The Morgan fingerprint density at radius 2 is 1.86 bits per heavy atom. The Labute approximate surface area is 128 Å². The molecular weight excluding hydrogens is 284 g/mol. The molecule has 2 heterocycles. The molecule has 1 atom stereocenters. The molecule has 0 spiro atoms. The van der Waals surface area contributed by atoms with Gasteiger partial charge in [0.15, 0.2) is 5.72 Å². The van der Waals surface area contributed by atoms with Crippen LogP contribution < -0.4 is 0 Å². The Morgan fingerprint density at radius 1 is 1.10 bits per heavy atom. The molecule has 4 rings (SSSR count). The second-order valence-electron chi connectivity index (χ2n) is 5.51. The number of hydrogen-bond acceptors (Lipinski definition) is 3. The number of aliphatic imine (C=N–C) groups is 1. The molecule has 4 heteroatoms. The molecule has 2 aliphatic rings. The van der Waals surface area contributed by atoms with Crippen LogP contribution in [-0.2, 0) is 12.1 Å². The van der Waals surface area contributed by atoms with Crippen molar-refractivity contribution >= 4 is 17.4 Å². The largest absolute Gasteiger partial charge is 0.366 e. The SMILES string of the molecule is O[C@@]1(c2ccc(Cl)cc2)Cc2ccccc2C2=NCCN21. The van der Waals surface area contributed by atoms with Gasteiger partial charge in [-0.25, -0.2) is 0 Å². The van der Waals surface area contributed by atoms with Crippen molar-refractivity contribution < 1.29 is 5.11 Å². The molecule has 2 aromatic rings. The first-order valence-electron chi connectivity index (χ1n) is 7.07. The summed E-state index contributed by atoms with van der Waals surface area (Å²) in [6, 6.07) is 15.6. The fourth-order valence-electron chi connectivity index (χ4n) is 3.27. The molecule has 0 bridgehead atoms. The summed E-state index contributed by atoms with van der Waals surface area (Å²) in [5.41, 5.74) is 2.07. The van der Waals surface area contributed by atoms with Gasteiger partial charge < -0.3 is 10.0 Å². The first-order chi connectivity index (χ1) is 10.2. The van der Waals surface area contributed by atoms with E-state index in [-0.39, 0.29) is 0 Å². The topological polar surface area (TPSA) is 35.8 Å². The van der Waals surface area contributed by atoms with Gasteiger partial charge in [-0.2, -0.15) is 0 Å². The smallest absolute Gasteiger partial charge is 0.169 e. The van der Waals surface area contributed by atoms with Crippen molar-refractivity contribution in [1.29, 1.82) is 0 Å². The number of halogens is 1. The van der Waals surface area contributed by atoms with E-state index in [1.165, 1.54) is 0 Å². The standard InChI is InChI=1S/C17H15ClN2O/c18-14-7-5-13(6-8-14)17(21)11-12-3-1-2-4-15(12)16-19-9-10-20(16)17/h1-8,21H,9-11H2/t17-/m1/s1. The van der Waals surface area contributed by atoms with Crippen molar-refractivity contribution in [3.8, 4) is 0 Å². The van der Waals surface area contributed by atoms with E-state index in [0.29, 0.717) is 11.4 Å². The summed E-state index contributed by atoms with van der Waals surface area (Å²) < 4.78 is 0. The second kappa shape index (κ2) is 4.58. The minimum Gasteiger partial charge on any atom is -0.366 e.